The molecule has 0 unspecified atom stereocenters. The Morgan fingerprint density at radius 3 is 2.15 bits per heavy atom. The molecule has 1 N–H and O–H groups in total. The van der Waals surface area contributed by atoms with Gasteiger partial charge in [0.15, 0.2) is 0 Å². The van der Waals surface area contributed by atoms with Crippen LogP contribution in [-0.4, -0.2) is 19.3 Å². The summed E-state index contributed by atoms with van der Waals surface area (Å²) in [4.78, 5) is 1.97. The smallest absolute Gasteiger partial charge is 0.132 e. The second-order valence-electron chi connectivity index (χ2n) is 4.30. The van der Waals surface area contributed by atoms with E-state index in [0.29, 0.717) is 5.75 Å². The molecule has 2 aromatic carbocycles. The van der Waals surface area contributed by atoms with Crippen LogP contribution in [0.2, 0.25) is 0 Å². The van der Waals surface area contributed by atoms with E-state index in [1.807, 2.05) is 42.5 Å². The Kier molecular flexibility index (Phi) is 4.93. The number of aliphatic hydroxyl groups is 1. The maximum absolute atomic E-state index is 10.00. The van der Waals surface area contributed by atoms with Crippen LogP contribution in [0.1, 0.15) is 18.6 Å². The van der Waals surface area contributed by atoms with Gasteiger partial charge in [0.2, 0.25) is 0 Å². The average Bonchev–Trinajstić information content (AvgIpc) is 2.47. The van der Waals surface area contributed by atoms with E-state index in [1.165, 1.54) is 0 Å². The number of hydrogen-bond acceptors (Lipinski definition) is 4. The van der Waals surface area contributed by atoms with Gasteiger partial charge in [0.1, 0.15) is 11.5 Å². The SMILES string of the molecule is COc1ccccc1Sc1cccc(OC)c1[C@@H](C)O. The molecule has 0 aromatic heterocycles. The molecule has 2 rings (SSSR count). The molecular weight excluding hydrogens is 272 g/mol. The standard InChI is InChI=1S/C16H18O3S/c1-11(17)16-13(19-3)8-6-10-15(16)20-14-9-5-4-7-12(14)18-2/h4-11,17H,1-3H3/t11-/m1/s1. The Morgan fingerprint density at radius 1 is 0.900 bits per heavy atom. The van der Waals surface area contributed by atoms with Crippen molar-refractivity contribution < 1.29 is 14.6 Å². The highest BCUT2D eigenvalue weighted by molar-refractivity contribution is 7.99. The monoisotopic (exact) mass is 290 g/mol. The van der Waals surface area contributed by atoms with Crippen LogP contribution in [0.3, 0.4) is 0 Å². The number of rotatable bonds is 5. The normalized spacial score (nSPS) is 12.0. The van der Waals surface area contributed by atoms with Gasteiger partial charge < -0.3 is 14.6 Å². The van der Waals surface area contributed by atoms with E-state index in [1.54, 1.807) is 32.9 Å². The zero-order valence-corrected chi connectivity index (χ0v) is 12.6. The van der Waals surface area contributed by atoms with E-state index in [2.05, 4.69) is 0 Å². The van der Waals surface area contributed by atoms with Crippen molar-refractivity contribution in [3.63, 3.8) is 0 Å². The van der Waals surface area contributed by atoms with Crippen molar-refractivity contribution in [2.24, 2.45) is 0 Å². The molecule has 0 aliphatic rings. The van der Waals surface area contributed by atoms with Gasteiger partial charge in [-0.2, -0.15) is 0 Å². The molecule has 0 saturated heterocycles. The van der Waals surface area contributed by atoms with Crippen LogP contribution in [0.5, 0.6) is 11.5 Å². The van der Waals surface area contributed by atoms with Gasteiger partial charge in [0, 0.05) is 10.5 Å². The third-order valence-electron chi connectivity index (χ3n) is 2.95. The molecule has 106 valence electrons. The lowest BCUT2D eigenvalue weighted by atomic mass is 10.1. The molecule has 1 atom stereocenters. The van der Waals surface area contributed by atoms with Crippen LogP contribution in [0.25, 0.3) is 0 Å². The number of para-hydroxylation sites is 1. The van der Waals surface area contributed by atoms with E-state index in [-0.39, 0.29) is 0 Å². The predicted molar refractivity (Wildman–Crippen MR) is 80.7 cm³/mol. The second-order valence-corrected chi connectivity index (χ2v) is 5.38. The molecule has 20 heavy (non-hydrogen) atoms. The number of ether oxygens (including phenoxy) is 2. The zero-order valence-electron chi connectivity index (χ0n) is 11.8. The van der Waals surface area contributed by atoms with Crippen molar-refractivity contribution in [2.75, 3.05) is 14.2 Å². The van der Waals surface area contributed by atoms with Gasteiger partial charge in [0.25, 0.3) is 0 Å². The molecule has 0 aliphatic heterocycles. The van der Waals surface area contributed by atoms with Crippen LogP contribution >= 0.6 is 11.8 Å². The first kappa shape index (κ1) is 14.8. The third-order valence-corrected chi connectivity index (χ3v) is 4.09. The number of methoxy groups -OCH3 is 2. The summed E-state index contributed by atoms with van der Waals surface area (Å²) in [6.07, 6.45) is -0.594. The Balaban J connectivity index is 2.43. The summed E-state index contributed by atoms with van der Waals surface area (Å²) in [6, 6.07) is 13.6. The maximum atomic E-state index is 10.00. The zero-order chi connectivity index (χ0) is 14.5. The highest BCUT2D eigenvalue weighted by Crippen LogP contribution is 2.41. The quantitative estimate of drug-likeness (QED) is 0.906. The Hall–Kier alpha value is -1.65. The summed E-state index contributed by atoms with van der Waals surface area (Å²) in [7, 11) is 3.26. The fraction of sp³-hybridized carbons (Fsp3) is 0.250. The van der Waals surface area contributed by atoms with Gasteiger partial charge in [-0.1, -0.05) is 30.0 Å². The lowest BCUT2D eigenvalue weighted by Gasteiger charge is -2.16. The molecule has 0 radical (unpaired) electrons. The van der Waals surface area contributed by atoms with E-state index in [9.17, 15) is 5.11 Å². The topological polar surface area (TPSA) is 38.7 Å². The van der Waals surface area contributed by atoms with E-state index in [4.69, 9.17) is 9.47 Å². The molecule has 3 nitrogen and oxygen atoms in total. The Morgan fingerprint density at radius 2 is 1.50 bits per heavy atom. The summed E-state index contributed by atoms with van der Waals surface area (Å²) in [5.74, 6) is 1.51. The molecule has 0 bridgehead atoms. The summed E-state index contributed by atoms with van der Waals surface area (Å²) < 4.78 is 10.7. The Labute approximate surface area is 123 Å². The summed E-state index contributed by atoms with van der Waals surface area (Å²) >= 11 is 1.56. The lowest BCUT2D eigenvalue weighted by molar-refractivity contribution is 0.191. The largest absolute Gasteiger partial charge is 0.496 e. The fourth-order valence-electron chi connectivity index (χ4n) is 2.02. The average molecular weight is 290 g/mol. The van der Waals surface area contributed by atoms with E-state index >= 15 is 0 Å². The van der Waals surface area contributed by atoms with Crippen molar-refractivity contribution >= 4 is 11.8 Å². The molecule has 0 heterocycles. The van der Waals surface area contributed by atoms with Gasteiger partial charge in [-0.05, 0) is 31.2 Å². The second kappa shape index (κ2) is 6.68. The lowest BCUT2D eigenvalue weighted by Crippen LogP contribution is -1.99. The molecule has 0 aliphatic carbocycles. The van der Waals surface area contributed by atoms with Gasteiger partial charge in [-0.25, -0.2) is 0 Å². The summed E-state index contributed by atoms with van der Waals surface area (Å²) in [6.45, 7) is 1.74. The molecule has 0 spiro atoms. The highest BCUT2D eigenvalue weighted by Gasteiger charge is 2.16. The summed E-state index contributed by atoms with van der Waals surface area (Å²) in [5, 5.41) is 10.00. The van der Waals surface area contributed by atoms with Crippen molar-refractivity contribution in [3.05, 3.63) is 48.0 Å². The minimum absolute atomic E-state index is 0.594. The van der Waals surface area contributed by atoms with Crippen LogP contribution in [0.4, 0.5) is 0 Å². The number of aliphatic hydroxyl groups excluding tert-OH is 1. The van der Waals surface area contributed by atoms with E-state index in [0.717, 1.165) is 21.1 Å². The van der Waals surface area contributed by atoms with Crippen LogP contribution in [0.15, 0.2) is 52.3 Å². The van der Waals surface area contributed by atoms with Gasteiger partial charge in [-0.3, -0.25) is 0 Å². The molecule has 0 amide bonds. The van der Waals surface area contributed by atoms with Crippen LogP contribution < -0.4 is 9.47 Å². The van der Waals surface area contributed by atoms with Crippen molar-refractivity contribution in [3.8, 4) is 11.5 Å². The van der Waals surface area contributed by atoms with Crippen LogP contribution in [-0.2, 0) is 0 Å². The van der Waals surface area contributed by atoms with Gasteiger partial charge >= 0.3 is 0 Å². The number of hydrogen-bond donors (Lipinski definition) is 1. The first-order chi connectivity index (χ1) is 9.67. The van der Waals surface area contributed by atoms with Gasteiger partial charge in [0.05, 0.1) is 25.2 Å². The molecule has 2 aromatic rings. The molecular formula is C16H18O3S. The van der Waals surface area contributed by atoms with E-state index < -0.39 is 6.10 Å². The fourth-order valence-corrected chi connectivity index (χ4v) is 3.19. The minimum atomic E-state index is -0.594. The minimum Gasteiger partial charge on any atom is -0.496 e. The molecule has 0 fully saturated rings. The van der Waals surface area contributed by atoms with Crippen molar-refractivity contribution in [1.29, 1.82) is 0 Å². The highest BCUT2D eigenvalue weighted by atomic mass is 32.2. The van der Waals surface area contributed by atoms with Gasteiger partial charge in [-0.15, -0.1) is 0 Å². The summed E-state index contributed by atoms with van der Waals surface area (Å²) in [5.41, 5.74) is 0.797. The first-order valence-corrected chi connectivity index (χ1v) is 7.15. The molecule has 4 heteroatoms. The maximum Gasteiger partial charge on any atom is 0.132 e. The van der Waals surface area contributed by atoms with Crippen molar-refractivity contribution in [2.45, 2.75) is 22.8 Å². The van der Waals surface area contributed by atoms with Crippen molar-refractivity contribution in [1.82, 2.24) is 0 Å². The number of benzene rings is 2. The molecule has 0 saturated carbocycles. The first-order valence-electron chi connectivity index (χ1n) is 6.33. The van der Waals surface area contributed by atoms with Crippen LogP contribution in [0, 0.1) is 0 Å². The Bertz CT molecular complexity index is 582. The third kappa shape index (κ3) is 3.08. The predicted octanol–water partition coefficient (Wildman–Crippen LogP) is 3.91.